The zero-order chi connectivity index (χ0) is 12.8. The highest BCUT2D eigenvalue weighted by molar-refractivity contribution is 7.98. The Hall–Kier alpha value is -1.37. The van der Waals surface area contributed by atoms with Crippen molar-refractivity contribution in [3.8, 4) is 0 Å². The third kappa shape index (κ3) is 2.27. The Morgan fingerprint density at radius 3 is 2.63 bits per heavy atom. The van der Waals surface area contributed by atoms with Crippen LogP contribution < -0.4 is 0 Å². The van der Waals surface area contributed by atoms with Crippen molar-refractivity contribution in [3.05, 3.63) is 17.6 Å². The van der Waals surface area contributed by atoms with E-state index in [1.54, 1.807) is 18.7 Å². The SMILES string of the molecule is Cc1nnc(CSc2nnc(C3CC3)n2C2CC2)o1. The van der Waals surface area contributed by atoms with Gasteiger partial charge in [-0.15, -0.1) is 20.4 Å². The van der Waals surface area contributed by atoms with Crippen LogP contribution in [-0.4, -0.2) is 25.0 Å². The summed E-state index contributed by atoms with van der Waals surface area (Å²) in [4.78, 5) is 0. The molecule has 0 amide bonds. The Morgan fingerprint density at radius 2 is 2.00 bits per heavy atom. The Balaban J connectivity index is 1.53. The van der Waals surface area contributed by atoms with Crippen LogP contribution in [0.2, 0.25) is 0 Å². The largest absolute Gasteiger partial charge is 0.425 e. The Labute approximate surface area is 115 Å². The first-order valence-corrected chi connectivity index (χ1v) is 7.66. The second kappa shape index (κ2) is 4.33. The van der Waals surface area contributed by atoms with Crippen molar-refractivity contribution in [1.29, 1.82) is 0 Å². The maximum atomic E-state index is 5.39. The van der Waals surface area contributed by atoms with Gasteiger partial charge in [0.15, 0.2) is 5.16 Å². The van der Waals surface area contributed by atoms with Crippen LogP contribution in [0, 0.1) is 6.92 Å². The van der Waals surface area contributed by atoms with E-state index in [-0.39, 0.29) is 0 Å². The van der Waals surface area contributed by atoms with Gasteiger partial charge in [0.1, 0.15) is 5.82 Å². The highest BCUT2D eigenvalue weighted by Crippen LogP contribution is 2.46. The Morgan fingerprint density at radius 1 is 1.16 bits per heavy atom. The average molecular weight is 277 g/mol. The van der Waals surface area contributed by atoms with Gasteiger partial charge in [0.25, 0.3) is 0 Å². The first-order chi connectivity index (χ1) is 9.31. The third-order valence-corrected chi connectivity index (χ3v) is 4.37. The van der Waals surface area contributed by atoms with Gasteiger partial charge in [0.2, 0.25) is 11.8 Å². The zero-order valence-electron chi connectivity index (χ0n) is 10.7. The molecule has 2 aromatic heterocycles. The van der Waals surface area contributed by atoms with E-state index in [1.807, 2.05) is 0 Å². The lowest BCUT2D eigenvalue weighted by atomic mass is 10.4. The normalized spacial score (nSPS) is 19.0. The van der Waals surface area contributed by atoms with E-state index in [0.717, 1.165) is 5.16 Å². The zero-order valence-corrected chi connectivity index (χ0v) is 11.6. The van der Waals surface area contributed by atoms with E-state index in [4.69, 9.17) is 4.42 Å². The van der Waals surface area contributed by atoms with Crippen molar-refractivity contribution in [2.24, 2.45) is 0 Å². The lowest BCUT2D eigenvalue weighted by Crippen LogP contribution is -2.01. The summed E-state index contributed by atoms with van der Waals surface area (Å²) in [7, 11) is 0. The summed E-state index contributed by atoms with van der Waals surface area (Å²) in [5.74, 6) is 3.76. The van der Waals surface area contributed by atoms with Gasteiger partial charge in [0, 0.05) is 18.9 Å². The van der Waals surface area contributed by atoms with E-state index in [2.05, 4.69) is 25.0 Å². The molecule has 2 heterocycles. The van der Waals surface area contributed by atoms with Crippen LogP contribution in [-0.2, 0) is 5.75 Å². The summed E-state index contributed by atoms with van der Waals surface area (Å²) < 4.78 is 7.73. The summed E-state index contributed by atoms with van der Waals surface area (Å²) in [5, 5.41) is 17.6. The highest BCUT2D eigenvalue weighted by atomic mass is 32.2. The summed E-state index contributed by atoms with van der Waals surface area (Å²) in [6, 6.07) is 0.623. The van der Waals surface area contributed by atoms with Crippen molar-refractivity contribution in [2.75, 3.05) is 0 Å². The quantitative estimate of drug-likeness (QED) is 0.782. The predicted octanol–water partition coefficient (Wildman–Crippen LogP) is 2.47. The molecule has 2 aliphatic rings. The monoisotopic (exact) mass is 277 g/mol. The van der Waals surface area contributed by atoms with Crippen molar-refractivity contribution in [2.45, 2.75) is 55.5 Å². The van der Waals surface area contributed by atoms with Crippen LogP contribution in [0.3, 0.4) is 0 Å². The highest BCUT2D eigenvalue weighted by Gasteiger charge is 2.36. The molecular weight excluding hydrogens is 262 g/mol. The molecule has 6 nitrogen and oxygen atoms in total. The molecule has 0 aromatic carbocycles. The van der Waals surface area contributed by atoms with E-state index in [9.17, 15) is 0 Å². The number of thioether (sulfide) groups is 1. The van der Waals surface area contributed by atoms with Crippen LogP contribution in [0.1, 0.15) is 55.2 Å². The smallest absolute Gasteiger partial charge is 0.226 e. The van der Waals surface area contributed by atoms with Gasteiger partial charge in [0.05, 0.1) is 5.75 Å². The van der Waals surface area contributed by atoms with Gasteiger partial charge in [-0.25, -0.2) is 0 Å². The van der Waals surface area contributed by atoms with Crippen molar-refractivity contribution in [1.82, 2.24) is 25.0 Å². The topological polar surface area (TPSA) is 69.6 Å². The molecule has 2 aliphatic carbocycles. The number of aryl methyl sites for hydroxylation is 1. The molecule has 0 saturated heterocycles. The van der Waals surface area contributed by atoms with Crippen LogP contribution in [0.15, 0.2) is 9.57 Å². The molecule has 2 aromatic rings. The minimum Gasteiger partial charge on any atom is -0.425 e. The number of aromatic nitrogens is 5. The summed E-state index contributed by atoms with van der Waals surface area (Å²) in [5.41, 5.74) is 0. The molecule has 19 heavy (non-hydrogen) atoms. The standard InChI is InChI=1S/C12H15N5OS/c1-7-13-14-10(18-7)6-19-12-16-15-11(8-2-3-8)17(12)9-4-5-9/h8-9H,2-6H2,1H3. The van der Waals surface area contributed by atoms with E-state index < -0.39 is 0 Å². The molecule has 0 atom stereocenters. The number of nitrogens with zero attached hydrogens (tertiary/aromatic N) is 5. The van der Waals surface area contributed by atoms with Gasteiger partial charge < -0.3 is 8.98 Å². The lowest BCUT2D eigenvalue weighted by Gasteiger charge is -2.06. The maximum Gasteiger partial charge on any atom is 0.226 e. The van der Waals surface area contributed by atoms with Gasteiger partial charge in [-0.3, -0.25) is 0 Å². The summed E-state index contributed by atoms with van der Waals surface area (Å²) in [6.07, 6.45) is 5.03. The molecule has 2 saturated carbocycles. The van der Waals surface area contributed by atoms with E-state index in [0.29, 0.717) is 29.5 Å². The van der Waals surface area contributed by atoms with Crippen LogP contribution in [0.25, 0.3) is 0 Å². The lowest BCUT2D eigenvalue weighted by molar-refractivity contribution is 0.485. The molecule has 0 radical (unpaired) electrons. The predicted molar refractivity (Wildman–Crippen MR) is 68.9 cm³/mol. The maximum absolute atomic E-state index is 5.39. The van der Waals surface area contributed by atoms with Gasteiger partial charge in [-0.05, 0) is 25.7 Å². The molecule has 4 rings (SSSR count). The molecule has 0 aliphatic heterocycles. The number of hydrogen-bond acceptors (Lipinski definition) is 6. The van der Waals surface area contributed by atoms with Gasteiger partial charge in [-0.1, -0.05) is 11.8 Å². The molecule has 0 N–H and O–H groups in total. The second-order valence-corrected chi connectivity index (χ2v) is 6.16. The molecule has 2 fully saturated rings. The third-order valence-electron chi connectivity index (χ3n) is 3.44. The van der Waals surface area contributed by atoms with E-state index in [1.165, 1.54) is 31.5 Å². The summed E-state index contributed by atoms with van der Waals surface area (Å²) >= 11 is 1.64. The van der Waals surface area contributed by atoms with Crippen molar-refractivity contribution in [3.63, 3.8) is 0 Å². The van der Waals surface area contributed by atoms with E-state index >= 15 is 0 Å². The minimum absolute atomic E-state index is 0.609. The molecule has 100 valence electrons. The van der Waals surface area contributed by atoms with Crippen molar-refractivity contribution < 1.29 is 4.42 Å². The van der Waals surface area contributed by atoms with Gasteiger partial charge >= 0.3 is 0 Å². The van der Waals surface area contributed by atoms with Gasteiger partial charge in [-0.2, -0.15) is 0 Å². The average Bonchev–Trinajstić information content (AvgIpc) is 3.33. The van der Waals surface area contributed by atoms with Crippen LogP contribution in [0.5, 0.6) is 0 Å². The second-order valence-electron chi connectivity index (χ2n) is 5.22. The molecule has 0 unspecified atom stereocenters. The number of rotatable bonds is 5. The molecule has 0 bridgehead atoms. The fraction of sp³-hybridized carbons (Fsp3) is 0.667. The van der Waals surface area contributed by atoms with Crippen LogP contribution >= 0.6 is 11.8 Å². The first kappa shape index (κ1) is 11.5. The molecule has 0 spiro atoms. The van der Waals surface area contributed by atoms with Crippen molar-refractivity contribution >= 4 is 11.8 Å². The molecule has 7 heteroatoms. The minimum atomic E-state index is 0.609. The summed E-state index contributed by atoms with van der Waals surface area (Å²) in [6.45, 7) is 1.80. The fourth-order valence-electron chi connectivity index (χ4n) is 2.20. The molecular formula is C12H15N5OS. The van der Waals surface area contributed by atoms with Crippen LogP contribution in [0.4, 0.5) is 0 Å². The first-order valence-electron chi connectivity index (χ1n) is 6.68. The number of hydrogen-bond donors (Lipinski definition) is 0. The fourth-order valence-corrected chi connectivity index (χ4v) is 3.05. The Bertz CT molecular complexity index is 599. The Kier molecular flexibility index (Phi) is 2.61.